The molecule has 32 heavy (non-hydrogen) atoms. The van der Waals surface area contributed by atoms with Gasteiger partial charge in [0.1, 0.15) is 17.7 Å². The maximum atomic E-state index is 14.2. The van der Waals surface area contributed by atoms with Crippen molar-refractivity contribution in [3.05, 3.63) is 101 Å². The van der Waals surface area contributed by atoms with Gasteiger partial charge in [0.15, 0.2) is 11.6 Å². The number of amides is 1. The minimum atomic E-state index is -1.04. The lowest BCUT2D eigenvalue weighted by atomic mass is 9.93. The molecule has 1 saturated heterocycles. The topological polar surface area (TPSA) is 53.3 Å². The Morgan fingerprint density at radius 1 is 0.906 bits per heavy atom. The van der Waals surface area contributed by atoms with Crippen molar-refractivity contribution in [2.45, 2.75) is 25.0 Å². The predicted octanol–water partition coefficient (Wildman–Crippen LogP) is 5.46. The second kappa shape index (κ2) is 9.15. The molecule has 1 fully saturated rings. The van der Waals surface area contributed by atoms with E-state index in [4.69, 9.17) is 10.00 Å². The number of hydrogen-bond donors (Lipinski definition) is 0. The molecule has 3 aromatic carbocycles. The summed E-state index contributed by atoms with van der Waals surface area (Å²) in [7, 11) is 0. The summed E-state index contributed by atoms with van der Waals surface area (Å²) in [4.78, 5) is 14.3. The van der Waals surface area contributed by atoms with Gasteiger partial charge in [-0.25, -0.2) is 13.2 Å². The van der Waals surface area contributed by atoms with Crippen LogP contribution in [-0.4, -0.2) is 17.4 Å². The number of likely N-dealkylation sites (tertiary alicyclic amines) is 1. The van der Waals surface area contributed by atoms with E-state index >= 15 is 0 Å². The summed E-state index contributed by atoms with van der Waals surface area (Å²) in [5.74, 6) is -2.19. The summed E-state index contributed by atoms with van der Waals surface area (Å²) in [6.45, 7) is 0.456. The third kappa shape index (κ3) is 4.45. The van der Waals surface area contributed by atoms with Crippen molar-refractivity contribution in [1.82, 2.24) is 4.90 Å². The first kappa shape index (κ1) is 21.4. The average molecular weight is 436 g/mol. The first-order valence-corrected chi connectivity index (χ1v) is 10.1. The van der Waals surface area contributed by atoms with Crippen molar-refractivity contribution in [3.63, 3.8) is 0 Å². The normalized spacial score (nSPS) is 15.3. The quantitative estimate of drug-likeness (QED) is 0.516. The molecule has 4 rings (SSSR count). The number of halogens is 3. The lowest BCUT2D eigenvalue weighted by Gasteiger charge is -2.35. The summed E-state index contributed by atoms with van der Waals surface area (Å²) in [5.41, 5.74) is 1.36. The van der Waals surface area contributed by atoms with E-state index in [9.17, 15) is 18.0 Å². The monoisotopic (exact) mass is 436 g/mol. The maximum Gasteiger partial charge on any atom is 0.223 e. The van der Waals surface area contributed by atoms with Crippen LogP contribution in [0, 0.1) is 28.8 Å². The Kier molecular flexibility index (Phi) is 6.13. The lowest BCUT2D eigenvalue weighted by Crippen LogP contribution is -2.36. The third-order valence-electron chi connectivity index (χ3n) is 5.46. The van der Waals surface area contributed by atoms with Crippen LogP contribution in [0.4, 0.5) is 13.2 Å². The number of nitriles is 1. The Bertz CT molecular complexity index is 1160. The van der Waals surface area contributed by atoms with Crippen LogP contribution < -0.4 is 4.74 Å². The first-order chi connectivity index (χ1) is 15.5. The van der Waals surface area contributed by atoms with Crippen LogP contribution in [0.15, 0.2) is 66.7 Å². The highest BCUT2D eigenvalue weighted by atomic mass is 19.2. The van der Waals surface area contributed by atoms with Crippen LogP contribution in [0.25, 0.3) is 0 Å². The number of hydrogen-bond acceptors (Lipinski definition) is 3. The highest BCUT2D eigenvalue weighted by Gasteiger charge is 2.37. The number of benzene rings is 3. The maximum absolute atomic E-state index is 14.2. The van der Waals surface area contributed by atoms with E-state index in [1.807, 2.05) is 6.07 Å². The molecule has 3 aromatic rings. The van der Waals surface area contributed by atoms with Crippen LogP contribution in [0.5, 0.6) is 5.75 Å². The molecule has 0 aromatic heterocycles. The number of nitrogens with zero attached hydrogens (tertiary/aromatic N) is 2. The van der Waals surface area contributed by atoms with Gasteiger partial charge in [-0.3, -0.25) is 4.79 Å². The van der Waals surface area contributed by atoms with Crippen LogP contribution >= 0.6 is 0 Å². The molecule has 7 heteroatoms. The van der Waals surface area contributed by atoms with E-state index in [-0.39, 0.29) is 5.91 Å². The van der Waals surface area contributed by atoms with Gasteiger partial charge >= 0.3 is 0 Å². The molecule has 0 radical (unpaired) electrons. The Balaban J connectivity index is 1.82. The van der Waals surface area contributed by atoms with Gasteiger partial charge in [-0.1, -0.05) is 18.2 Å². The highest BCUT2D eigenvalue weighted by molar-refractivity contribution is 5.78. The van der Waals surface area contributed by atoms with Crippen LogP contribution in [0.3, 0.4) is 0 Å². The summed E-state index contributed by atoms with van der Waals surface area (Å²) >= 11 is 0. The molecule has 0 bridgehead atoms. The van der Waals surface area contributed by atoms with Crippen molar-refractivity contribution in [3.8, 4) is 11.8 Å². The van der Waals surface area contributed by atoms with Gasteiger partial charge in [0.2, 0.25) is 5.91 Å². The molecular formula is C25H19F3N2O2. The minimum absolute atomic E-state index is 0.102. The van der Waals surface area contributed by atoms with E-state index in [2.05, 4.69) is 0 Å². The lowest BCUT2D eigenvalue weighted by molar-refractivity contribution is -0.131. The SMILES string of the molecule is N#Cc1ccc(O[C@H](c2ccc(F)c(F)c2)[C@H](c2ccc(F)cc2)N2CCCC2=O)cc1. The van der Waals surface area contributed by atoms with Gasteiger partial charge in [0, 0.05) is 13.0 Å². The smallest absolute Gasteiger partial charge is 0.223 e. The van der Waals surface area contributed by atoms with Crippen molar-refractivity contribution >= 4 is 5.91 Å². The Morgan fingerprint density at radius 3 is 2.19 bits per heavy atom. The molecule has 4 nitrogen and oxygen atoms in total. The van der Waals surface area contributed by atoms with E-state index in [0.717, 1.165) is 12.1 Å². The number of ether oxygens (including phenoxy) is 1. The number of carbonyl (C=O) groups excluding carboxylic acids is 1. The Labute approximate surface area is 183 Å². The molecule has 1 heterocycles. The second-order valence-electron chi connectivity index (χ2n) is 7.54. The minimum Gasteiger partial charge on any atom is -0.483 e. The standard InChI is InChI=1S/C25H19F3N2O2/c26-19-8-5-17(6-9-19)24(30-13-1-2-23(30)31)25(18-7-12-21(27)22(28)14-18)32-20-10-3-16(15-29)4-11-20/h3-12,14,24-25H,1-2,13H2/t24-,25+/m0/s1. The van der Waals surface area contributed by atoms with Crippen LogP contribution in [0.2, 0.25) is 0 Å². The predicted molar refractivity (Wildman–Crippen MR) is 111 cm³/mol. The number of carbonyl (C=O) groups is 1. The molecule has 1 aliphatic rings. The van der Waals surface area contributed by atoms with E-state index < -0.39 is 29.6 Å². The largest absolute Gasteiger partial charge is 0.483 e. The van der Waals surface area contributed by atoms with Crippen molar-refractivity contribution in [1.29, 1.82) is 5.26 Å². The summed E-state index contributed by atoms with van der Waals surface area (Å²) in [6, 6.07) is 16.8. The zero-order chi connectivity index (χ0) is 22.7. The molecule has 162 valence electrons. The van der Waals surface area contributed by atoms with Gasteiger partial charge in [0.25, 0.3) is 0 Å². The molecule has 0 aliphatic carbocycles. The van der Waals surface area contributed by atoms with Crippen LogP contribution in [0.1, 0.15) is 41.7 Å². The summed E-state index contributed by atoms with van der Waals surface area (Å²) < 4.78 is 47.6. The van der Waals surface area contributed by atoms with Gasteiger partial charge in [0.05, 0.1) is 17.7 Å². The van der Waals surface area contributed by atoms with Crippen molar-refractivity contribution in [2.75, 3.05) is 6.54 Å². The van der Waals surface area contributed by atoms with Gasteiger partial charge < -0.3 is 9.64 Å². The third-order valence-corrected chi connectivity index (χ3v) is 5.46. The molecule has 1 aliphatic heterocycles. The van der Waals surface area contributed by atoms with Gasteiger partial charge in [-0.2, -0.15) is 5.26 Å². The molecule has 1 amide bonds. The zero-order valence-corrected chi connectivity index (χ0v) is 17.0. The van der Waals surface area contributed by atoms with E-state index in [1.54, 1.807) is 41.3 Å². The molecule has 2 atom stereocenters. The van der Waals surface area contributed by atoms with Crippen molar-refractivity contribution in [2.24, 2.45) is 0 Å². The Morgan fingerprint density at radius 2 is 1.59 bits per heavy atom. The van der Waals surface area contributed by atoms with Gasteiger partial charge in [-0.05, 0) is 66.1 Å². The molecule has 0 N–H and O–H groups in total. The molecular weight excluding hydrogens is 417 g/mol. The summed E-state index contributed by atoms with van der Waals surface area (Å²) in [6.07, 6.45) is 0.0993. The van der Waals surface area contributed by atoms with Crippen molar-refractivity contribution < 1.29 is 22.7 Å². The van der Waals surface area contributed by atoms with Gasteiger partial charge in [-0.15, -0.1) is 0 Å². The fourth-order valence-corrected chi connectivity index (χ4v) is 3.90. The van der Waals surface area contributed by atoms with Crippen LogP contribution in [-0.2, 0) is 4.79 Å². The molecule has 0 spiro atoms. The fraction of sp³-hybridized carbons (Fsp3) is 0.200. The molecule has 0 saturated carbocycles. The first-order valence-electron chi connectivity index (χ1n) is 10.1. The summed E-state index contributed by atoms with van der Waals surface area (Å²) in [5, 5.41) is 9.03. The Hall–Kier alpha value is -3.79. The molecule has 0 unspecified atom stereocenters. The van der Waals surface area contributed by atoms with E-state index in [1.165, 1.54) is 18.2 Å². The second-order valence-corrected chi connectivity index (χ2v) is 7.54. The zero-order valence-electron chi connectivity index (χ0n) is 17.0. The fourth-order valence-electron chi connectivity index (χ4n) is 3.90. The number of rotatable bonds is 6. The van der Waals surface area contributed by atoms with E-state index in [0.29, 0.717) is 41.8 Å². The average Bonchev–Trinajstić information content (AvgIpc) is 3.22. The highest BCUT2D eigenvalue weighted by Crippen LogP contribution is 2.40.